The zero-order valence-corrected chi connectivity index (χ0v) is 7.71. The zero-order valence-electron chi connectivity index (χ0n) is 7.71. The standard InChI is InChI=1S/C6H7N.C2H6O2.CH2O2/c7-6-4-2-1-3-5-6;3-1-2-4;2-1-3/h1-5H,7H2;3-4H,1-2H2;1H,(H,2,3). The smallest absolute Gasteiger partial charge is 0.290 e. The van der Waals surface area contributed by atoms with E-state index in [0.717, 1.165) is 5.69 Å². The van der Waals surface area contributed by atoms with E-state index in [-0.39, 0.29) is 19.7 Å². The van der Waals surface area contributed by atoms with Gasteiger partial charge in [-0.15, -0.1) is 0 Å². The molecule has 0 amide bonds. The Morgan fingerprint density at radius 1 is 1.14 bits per heavy atom. The van der Waals surface area contributed by atoms with E-state index < -0.39 is 0 Å². The zero-order chi connectivity index (χ0) is 11.2. The Bertz CT molecular complexity index is 201. The lowest BCUT2D eigenvalue weighted by Gasteiger charge is -1.83. The number of anilines is 1. The quantitative estimate of drug-likeness (QED) is 0.376. The van der Waals surface area contributed by atoms with E-state index in [4.69, 9.17) is 25.8 Å². The van der Waals surface area contributed by atoms with Crippen molar-refractivity contribution < 1.29 is 20.1 Å². The van der Waals surface area contributed by atoms with E-state index >= 15 is 0 Å². The van der Waals surface area contributed by atoms with Crippen LogP contribution >= 0.6 is 0 Å². The van der Waals surface area contributed by atoms with E-state index in [9.17, 15) is 0 Å². The first kappa shape index (κ1) is 14.9. The van der Waals surface area contributed by atoms with Gasteiger partial charge < -0.3 is 21.1 Å². The lowest BCUT2D eigenvalue weighted by Crippen LogP contribution is -1.85. The summed E-state index contributed by atoms with van der Waals surface area (Å²) in [6, 6.07) is 9.49. The van der Waals surface area contributed by atoms with Gasteiger partial charge in [-0.1, -0.05) is 18.2 Å². The van der Waals surface area contributed by atoms with Crippen LogP contribution in [0.15, 0.2) is 30.3 Å². The first-order chi connectivity index (χ1) is 6.72. The van der Waals surface area contributed by atoms with Gasteiger partial charge in [0.1, 0.15) is 0 Å². The van der Waals surface area contributed by atoms with Gasteiger partial charge >= 0.3 is 0 Å². The molecule has 0 atom stereocenters. The van der Waals surface area contributed by atoms with Crippen LogP contribution in [-0.2, 0) is 4.79 Å². The van der Waals surface area contributed by atoms with E-state index in [0.29, 0.717) is 0 Å². The number of aliphatic hydroxyl groups excluding tert-OH is 2. The number of carboxylic acid groups (broad SMARTS) is 1. The summed E-state index contributed by atoms with van der Waals surface area (Å²) in [4.78, 5) is 8.36. The minimum Gasteiger partial charge on any atom is -0.483 e. The van der Waals surface area contributed by atoms with Crippen molar-refractivity contribution in [3.63, 3.8) is 0 Å². The Balaban J connectivity index is 0. The fourth-order valence-corrected chi connectivity index (χ4v) is 0.453. The largest absolute Gasteiger partial charge is 0.483 e. The number of nitrogen functional groups attached to an aromatic ring is 1. The van der Waals surface area contributed by atoms with E-state index in [1.54, 1.807) is 0 Å². The van der Waals surface area contributed by atoms with Crippen LogP contribution in [0.25, 0.3) is 0 Å². The van der Waals surface area contributed by atoms with Crippen molar-refractivity contribution in [3.05, 3.63) is 30.3 Å². The Kier molecular flexibility index (Phi) is 14.9. The van der Waals surface area contributed by atoms with Gasteiger partial charge in [0, 0.05) is 5.69 Å². The number of hydrogen-bond donors (Lipinski definition) is 4. The molecule has 0 unspecified atom stereocenters. The molecule has 5 nitrogen and oxygen atoms in total. The molecular weight excluding hydrogens is 186 g/mol. The van der Waals surface area contributed by atoms with Gasteiger partial charge in [-0.05, 0) is 12.1 Å². The molecule has 0 aliphatic carbocycles. The van der Waals surface area contributed by atoms with Crippen molar-refractivity contribution in [1.82, 2.24) is 0 Å². The molecule has 5 heteroatoms. The maximum Gasteiger partial charge on any atom is 0.290 e. The van der Waals surface area contributed by atoms with Crippen LogP contribution in [0, 0.1) is 0 Å². The van der Waals surface area contributed by atoms with Crippen LogP contribution in [0.5, 0.6) is 0 Å². The molecule has 0 fully saturated rings. The average Bonchev–Trinajstić information content (AvgIpc) is 2.21. The highest BCUT2D eigenvalue weighted by Gasteiger charge is 1.72. The minimum atomic E-state index is -0.250. The van der Waals surface area contributed by atoms with Gasteiger partial charge in [-0.2, -0.15) is 0 Å². The molecule has 1 aromatic rings. The molecule has 0 bridgehead atoms. The average molecular weight is 201 g/mol. The molecule has 5 N–H and O–H groups in total. The van der Waals surface area contributed by atoms with Gasteiger partial charge in [-0.25, -0.2) is 0 Å². The van der Waals surface area contributed by atoms with Gasteiger partial charge in [0.2, 0.25) is 0 Å². The van der Waals surface area contributed by atoms with Crippen molar-refractivity contribution in [2.24, 2.45) is 0 Å². The summed E-state index contributed by atoms with van der Waals surface area (Å²) in [6.07, 6.45) is 0. The summed E-state index contributed by atoms with van der Waals surface area (Å²) in [6.45, 7) is -0.500. The molecule has 1 rings (SSSR count). The number of benzene rings is 1. The number of nitrogens with two attached hydrogens (primary N) is 1. The first-order valence-electron chi connectivity index (χ1n) is 3.83. The molecule has 14 heavy (non-hydrogen) atoms. The molecule has 0 saturated heterocycles. The van der Waals surface area contributed by atoms with Crippen LogP contribution in [-0.4, -0.2) is 35.0 Å². The highest BCUT2D eigenvalue weighted by atomic mass is 16.3. The lowest BCUT2D eigenvalue weighted by molar-refractivity contribution is -0.122. The van der Waals surface area contributed by atoms with Gasteiger partial charge in [0.05, 0.1) is 13.2 Å². The molecular formula is C9H15NO4. The summed E-state index contributed by atoms with van der Waals surface area (Å²) < 4.78 is 0. The number of hydrogen-bond acceptors (Lipinski definition) is 4. The van der Waals surface area contributed by atoms with Crippen LogP contribution in [0.4, 0.5) is 5.69 Å². The highest BCUT2D eigenvalue weighted by molar-refractivity contribution is 5.35. The van der Waals surface area contributed by atoms with Crippen LogP contribution in [0.2, 0.25) is 0 Å². The van der Waals surface area contributed by atoms with Crippen LogP contribution in [0.1, 0.15) is 0 Å². The summed E-state index contributed by atoms with van der Waals surface area (Å²) in [5.74, 6) is 0. The number of carbonyl (C=O) groups is 1. The van der Waals surface area contributed by atoms with Crippen molar-refractivity contribution >= 4 is 12.2 Å². The molecule has 0 radical (unpaired) electrons. The molecule has 0 aliphatic heterocycles. The number of rotatable bonds is 1. The Labute approximate surface area is 82.4 Å². The molecule has 0 spiro atoms. The topological polar surface area (TPSA) is 104 Å². The number of aliphatic hydroxyl groups is 2. The second-order valence-corrected chi connectivity index (χ2v) is 1.96. The van der Waals surface area contributed by atoms with E-state index in [1.807, 2.05) is 30.3 Å². The lowest BCUT2D eigenvalue weighted by atomic mass is 10.3. The van der Waals surface area contributed by atoms with Crippen molar-refractivity contribution in [3.8, 4) is 0 Å². The third-order valence-corrected chi connectivity index (χ3v) is 0.900. The van der Waals surface area contributed by atoms with Gasteiger partial charge in [0.15, 0.2) is 0 Å². The predicted octanol–water partition coefficient (Wildman–Crippen LogP) is -0.0594. The molecule has 80 valence electrons. The Morgan fingerprint density at radius 3 is 1.64 bits per heavy atom. The molecule has 0 saturated carbocycles. The third kappa shape index (κ3) is 16.8. The van der Waals surface area contributed by atoms with Crippen LogP contribution < -0.4 is 5.73 Å². The maximum atomic E-state index is 8.36. The maximum absolute atomic E-state index is 8.36. The molecule has 1 aromatic carbocycles. The van der Waals surface area contributed by atoms with Gasteiger partial charge in [0.25, 0.3) is 6.47 Å². The second kappa shape index (κ2) is 14.0. The fourth-order valence-electron chi connectivity index (χ4n) is 0.453. The fraction of sp³-hybridized carbons (Fsp3) is 0.222. The Morgan fingerprint density at radius 2 is 1.50 bits per heavy atom. The SMILES string of the molecule is Nc1ccccc1.O=CO.OCCO. The van der Waals surface area contributed by atoms with E-state index in [1.165, 1.54) is 0 Å². The predicted molar refractivity (Wildman–Crippen MR) is 53.7 cm³/mol. The highest BCUT2D eigenvalue weighted by Crippen LogP contribution is 1.95. The summed E-state index contributed by atoms with van der Waals surface area (Å²) >= 11 is 0. The van der Waals surface area contributed by atoms with Crippen molar-refractivity contribution in [2.75, 3.05) is 18.9 Å². The van der Waals surface area contributed by atoms with Crippen molar-refractivity contribution in [2.45, 2.75) is 0 Å². The molecule has 0 heterocycles. The minimum absolute atomic E-state index is 0.125. The summed E-state index contributed by atoms with van der Waals surface area (Å²) in [5.41, 5.74) is 6.18. The third-order valence-electron chi connectivity index (χ3n) is 0.900. The van der Waals surface area contributed by atoms with Crippen LogP contribution in [0.3, 0.4) is 0 Å². The second-order valence-electron chi connectivity index (χ2n) is 1.96. The monoisotopic (exact) mass is 201 g/mol. The number of para-hydroxylation sites is 1. The Hall–Kier alpha value is -1.59. The summed E-state index contributed by atoms with van der Waals surface area (Å²) in [7, 11) is 0. The van der Waals surface area contributed by atoms with E-state index in [2.05, 4.69) is 0 Å². The molecule has 0 aliphatic rings. The normalized spacial score (nSPS) is 7.29. The van der Waals surface area contributed by atoms with Gasteiger partial charge in [-0.3, -0.25) is 4.79 Å². The summed E-state index contributed by atoms with van der Waals surface area (Å²) in [5, 5.41) is 22.1. The van der Waals surface area contributed by atoms with Crippen molar-refractivity contribution in [1.29, 1.82) is 0 Å². The first-order valence-corrected chi connectivity index (χ1v) is 3.83. The molecule has 0 aromatic heterocycles.